The summed E-state index contributed by atoms with van der Waals surface area (Å²) in [5, 5.41) is 4.72. The molecule has 1 N–H and O–H groups in total. The number of benzene rings is 4. The molecule has 5 aromatic rings. The number of hydrogen-bond donors (Lipinski definition) is 1. The Morgan fingerprint density at radius 3 is 1.71 bits per heavy atom. The molecule has 0 unspecified atom stereocenters. The van der Waals surface area contributed by atoms with Crippen LogP contribution in [0, 0.1) is 0 Å². The minimum absolute atomic E-state index is 0.945. The van der Waals surface area contributed by atoms with Crippen molar-refractivity contribution < 1.29 is 0 Å². The van der Waals surface area contributed by atoms with Crippen LogP contribution >= 0.6 is 0 Å². The zero-order chi connectivity index (χ0) is 21.2. The van der Waals surface area contributed by atoms with Gasteiger partial charge in [-0.15, -0.1) is 0 Å². The molecule has 0 atom stereocenters. The van der Waals surface area contributed by atoms with Crippen molar-refractivity contribution >= 4 is 44.3 Å². The lowest BCUT2D eigenvalue weighted by Gasteiger charge is -2.09. The maximum atomic E-state index is 5.09. The standard InChI is InChI=1S/C28H23N3/c1-19(29-23-12-4-3-5-13-23)26-16-17-27(31-26)20(2)30-28-24-14-8-6-10-21(24)18-22-11-7-9-15-25(22)28/h3-18,31H,1-2H3. The first-order valence-electron chi connectivity index (χ1n) is 10.4. The molecule has 0 aliphatic rings. The van der Waals surface area contributed by atoms with Crippen molar-refractivity contribution in [3.63, 3.8) is 0 Å². The number of rotatable bonds is 4. The van der Waals surface area contributed by atoms with Gasteiger partial charge in [-0.3, -0.25) is 9.98 Å². The summed E-state index contributed by atoms with van der Waals surface area (Å²) in [4.78, 5) is 13.3. The monoisotopic (exact) mass is 401 g/mol. The number of nitrogens with one attached hydrogen (secondary N) is 1. The number of H-pyrrole nitrogens is 1. The van der Waals surface area contributed by atoms with Crippen LogP contribution in [0.3, 0.4) is 0 Å². The van der Waals surface area contributed by atoms with Gasteiger partial charge in [0.05, 0.1) is 34.2 Å². The first-order valence-corrected chi connectivity index (χ1v) is 10.4. The Kier molecular flexibility index (Phi) is 4.93. The third kappa shape index (κ3) is 3.78. The van der Waals surface area contributed by atoms with Gasteiger partial charge in [-0.05, 0) is 55.0 Å². The summed E-state index contributed by atoms with van der Waals surface area (Å²) < 4.78 is 0. The number of aliphatic imine (C=N–C) groups is 2. The van der Waals surface area contributed by atoms with Crippen molar-refractivity contribution in [2.75, 3.05) is 0 Å². The fraction of sp³-hybridized carbons (Fsp3) is 0.0714. The molecule has 31 heavy (non-hydrogen) atoms. The maximum Gasteiger partial charge on any atom is 0.0790 e. The number of nitrogens with zero attached hydrogens (tertiary/aromatic N) is 2. The fourth-order valence-electron chi connectivity index (χ4n) is 3.91. The van der Waals surface area contributed by atoms with Crippen molar-refractivity contribution in [1.82, 2.24) is 4.98 Å². The van der Waals surface area contributed by atoms with E-state index in [1.165, 1.54) is 10.8 Å². The largest absolute Gasteiger partial charge is 0.353 e. The average Bonchev–Trinajstić information content (AvgIpc) is 3.30. The summed E-state index contributed by atoms with van der Waals surface area (Å²) in [6.45, 7) is 4.07. The second kappa shape index (κ2) is 8.04. The highest BCUT2D eigenvalue weighted by Crippen LogP contribution is 2.35. The van der Waals surface area contributed by atoms with Crippen LogP contribution in [0.4, 0.5) is 11.4 Å². The number of para-hydroxylation sites is 1. The Morgan fingerprint density at radius 1 is 0.581 bits per heavy atom. The molecule has 1 heterocycles. The van der Waals surface area contributed by atoms with Crippen molar-refractivity contribution in [3.05, 3.63) is 108 Å². The number of aromatic nitrogens is 1. The van der Waals surface area contributed by atoms with Crippen molar-refractivity contribution in [2.24, 2.45) is 9.98 Å². The van der Waals surface area contributed by atoms with Gasteiger partial charge in [-0.25, -0.2) is 0 Å². The van der Waals surface area contributed by atoms with E-state index in [0.29, 0.717) is 0 Å². The van der Waals surface area contributed by atoms with E-state index in [-0.39, 0.29) is 0 Å². The highest BCUT2D eigenvalue weighted by atomic mass is 14.8. The predicted molar refractivity (Wildman–Crippen MR) is 132 cm³/mol. The van der Waals surface area contributed by atoms with E-state index in [9.17, 15) is 0 Å². The lowest BCUT2D eigenvalue weighted by Crippen LogP contribution is -1.99. The maximum absolute atomic E-state index is 5.09. The third-order valence-electron chi connectivity index (χ3n) is 5.54. The van der Waals surface area contributed by atoms with E-state index in [0.717, 1.165) is 45.0 Å². The Labute approximate surface area is 181 Å². The fourth-order valence-corrected chi connectivity index (χ4v) is 3.91. The lowest BCUT2D eigenvalue weighted by molar-refractivity contribution is 1.31. The van der Waals surface area contributed by atoms with Gasteiger partial charge in [0.2, 0.25) is 0 Å². The molecule has 0 radical (unpaired) electrons. The smallest absolute Gasteiger partial charge is 0.0790 e. The van der Waals surface area contributed by atoms with Gasteiger partial charge in [0, 0.05) is 10.8 Å². The summed E-state index contributed by atoms with van der Waals surface area (Å²) in [5.74, 6) is 0. The van der Waals surface area contributed by atoms with Gasteiger partial charge in [0.1, 0.15) is 0 Å². The number of fused-ring (bicyclic) bond motifs is 2. The molecule has 0 saturated heterocycles. The molecule has 0 aliphatic heterocycles. The predicted octanol–water partition coefficient (Wildman–Crippen LogP) is 7.60. The van der Waals surface area contributed by atoms with E-state index < -0.39 is 0 Å². The molecule has 0 spiro atoms. The second-order valence-corrected chi connectivity index (χ2v) is 7.68. The highest BCUT2D eigenvalue weighted by molar-refractivity contribution is 6.13. The molecule has 0 amide bonds. The van der Waals surface area contributed by atoms with Crippen LogP contribution in [0.15, 0.2) is 107 Å². The van der Waals surface area contributed by atoms with Crippen LogP contribution < -0.4 is 0 Å². The van der Waals surface area contributed by atoms with Gasteiger partial charge in [-0.2, -0.15) is 0 Å². The summed E-state index contributed by atoms with van der Waals surface area (Å²) >= 11 is 0. The minimum Gasteiger partial charge on any atom is -0.353 e. The topological polar surface area (TPSA) is 40.5 Å². The van der Waals surface area contributed by atoms with Crippen molar-refractivity contribution in [3.8, 4) is 0 Å². The van der Waals surface area contributed by atoms with Crippen LogP contribution in [-0.4, -0.2) is 16.4 Å². The van der Waals surface area contributed by atoms with Gasteiger partial charge in [-0.1, -0.05) is 66.7 Å². The minimum atomic E-state index is 0.945. The van der Waals surface area contributed by atoms with E-state index in [2.05, 4.69) is 78.6 Å². The molecule has 0 aliphatic carbocycles. The van der Waals surface area contributed by atoms with Crippen molar-refractivity contribution in [2.45, 2.75) is 13.8 Å². The molecule has 5 rings (SSSR count). The Morgan fingerprint density at radius 2 is 1.10 bits per heavy atom. The molecule has 4 aromatic carbocycles. The van der Waals surface area contributed by atoms with Crippen LogP contribution in [0.5, 0.6) is 0 Å². The first-order chi connectivity index (χ1) is 15.2. The third-order valence-corrected chi connectivity index (χ3v) is 5.54. The Balaban J connectivity index is 1.57. The Bertz CT molecular complexity index is 1390. The van der Waals surface area contributed by atoms with Crippen LogP contribution in [0.25, 0.3) is 21.5 Å². The van der Waals surface area contributed by atoms with E-state index in [1.54, 1.807) is 0 Å². The SMILES string of the molecule is CC(=Nc1ccccc1)c1ccc(C(C)=Nc2c3ccccc3cc3ccccc23)[nH]1. The highest BCUT2D eigenvalue weighted by Gasteiger charge is 2.09. The molecular weight excluding hydrogens is 378 g/mol. The lowest BCUT2D eigenvalue weighted by atomic mass is 10.0. The first kappa shape index (κ1) is 19.0. The molecule has 0 bridgehead atoms. The van der Waals surface area contributed by atoms with Crippen molar-refractivity contribution in [1.29, 1.82) is 0 Å². The van der Waals surface area contributed by atoms with E-state index >= 15 is 0 Å². The molecule has 0 saturated carbocycles. The number of aromatic amines is 1. The molecule has 3 nitrogen and oxygen atoms in total. The van der Waals surface area contributed by atoms with Crippen LogP contribution in [0.1, 0.15) is 25.2 Å². The van der Waals surface area contributed by atoms with Gasteiger partial charge >= 0.3 is 0 Å². The quantitative estimate of drug-likeness (QED) is 0.238. The van der Waals surface area contributed by atoms with Crippen LogP contribution in [-0.2, 0) is 0 Å². The number of hydrogen-bond acceptors (Lipinski definition) is 2. The normalized spacial score (nSPS) is 12.6. The van der Waals surface area contributed by atoms with E-state index in [1.807, 2.05) is 37.3 Å². The zero-order valence-corrected chi connectivity index (χ0v) is 17.6. The molecular formula is C28H23N3. The molecule has 0 fully saturated rings. The van der Waals surface area contributed by atoms with E-state index in [4.69, 9.17) is 9.98 Å². The molecule has 1 aromatic heterocycles. The van der Waals surface area contributed by atoms with Crippen LogP contribution in [0.2, 0.25) is 0 Å². The Hall–Kier alpha value is -3.98. The summed E-state index contributed by atoms with van der Waals surface area (Å²) in [7, 11) is 0. The summed E-state index contributed by atoms with van der Waals surface area (Å²) in [6.07, 6.45) is 0. The van der Waals surface area contributed by atoms with Gasteiger partial charge in [0.15, 0.2) is 0 Å². The van der Waals surface area contributed by atoms with Gasteiger partial charge in [0.25, 0.3) is 0 Å². The summed E-state index contributed by atoms with van der Waals surface area (Å²) in [5.41, 5.74) is 5.84. The molecule has 150 valence electrons. The van der Waals surface area contributed by atoms with Gasteiger partial charge < -0.3 is 4.98 Å². The second-order valence-electron chi connectivity index (χ2n) is 7.68. The summed E-state index contributed by atoms with van der Waals surface area (Å²) in [6, 6.07) is 33.2. The molecule has 3 heteroatoms. The average molecular weight is 402 g/mol. The zero-order valence-electron chi connectivity index (χ0n) is 17.6.